The van der Waals surface area contributed by atoms with Gasteiger partial charge in [0.05, 0.1) is 38.6 Å². The molecule has 0 N–H and O–H groups in total. The summed E-state index contributed by atoms with van der Waals surface area (Å²) in [6.07, 6.45) is 3.32. The van der Waals surface area contributed by atoms with Gasteiger partial charge in [0.25, 0.3) is 0 Å². The number of rotatable bonds is 9. The van der Waals surface area contributed by atoms with Gasteiger partial charge in [0.2, 0.25) is 6.29 Å². The lowest BCUT2D eigenvalue weighted by atomic mass is 9.97. The first-order valence-corrected chi connectivity index (χ1v) is 10.2. The van der Waals surface area contributed by atoms with Gasteiger partial charge in [0.15, 0.2) is 0 Å². The third-order valence-corrected chi connectivity index (χ3v) is 5.69. The van der Waals surface area contributed by atoms with Crippen LogP contribution >= 0.6 is 0 Å². The molecule has 6 nitrogen and oxygen atoms in total. The summed E-state index contributed by atoms with van der Waals surface area (Å²) >= 11 is 0. The Balaban J connectivity index is 1.41. The molecule has 0 bridgehead atoms. The summed E-state index contributed by atoms with van der Waals surface area (Å²) < 4.78 is 34.3. The second-order valence-corrected chi connectivity index (χ2v) is 7.99. The molecule has 4 fully saturated rings. The third-order valence-electron chi connectivity index (χ3n) is 5.69. The van der Waals surface area contributed by atoms with E-state index in [0.717, 1.165) is 68.0 Å². The molecule has 6 rings (SSSR count). The molecule has 2 aromatic rings. The van der Waals surface area contributed by atoms with E-state index in [1.807, 2.05) is 0 Å². The van der Waals surface area contributed by atoms with E-state index in [4.69, 9.17) is 28.4 Å². The van der Waals surface area contributed by atoms with Crippen LogP contribution in [-0.2, 0) is 31.8 Å². The van der Waals surface area contributed by atoms with Gasteiger partial charge in [-0.2, -0.15) is 0 Å². The number of hydrogen-bond acceptors (Lipinski definition) is 6. The highest BCUT2D eigenvalue weighted by molar-refractivity contribution is 5.95. The maximum Gasteiger partial charge on any atom is 0.202 e. The number of epoxide rings is 3. The maximum absolute atomic E-state index is 6.27. The zero-order chi connectivity index (χ0) is 18.5. The van der Waals surface area contributed by atoms with Gasteiger partial charge in [-0.3, -0.25) is 0 Å². The van der Waals surface area contributed by atoms with E-state index in [9.17, 15) is 0 Å². The Bertz CT molecular complexity index is 880. The van der Waals surface area contributed by atoms with Crippen molar-refractivity contribution in [1.29, 1.82) is 0 Å². The fraction of sp³-hybridized carbons (Fsp3) is 0.545. The zero-order valence-electron chi connectivity index (χ0n) is 15.7. The lowest BCUT2D eigenvalue weighted by Crippen LogP contribution is -2.32. The first-order chi connectivity index (χ1) is 13.8. The topological polar surface area (TPSA) is 65.3 Å². The Morgan fingerprint density at radius 3 is 1.86 bits per heavy atom. The van der Waals surface area contributed by atoms with E-state index in [0.29, 0.717) is 18.8 Å². The molecule has 4 saturated heterocycles. The van der Waals surface area contributed by atoms with Crippen LogP contribution in [0.1, 0.15) is 17.5 Å². The Kier molecular flexibility index (Phi) is 4.19. The molecular formula is C22H24O6. The predicted octanol–water partition coefficient (Wildman–Crippen LogP) is 2.63. The molecule has 4 unspecified atom stereocenters. The second kappa shape index (κ2) is 6.88. The van der Waals surface area contributed by atoms with E-state index in [-0.39, 0.29) is 12.4 Å². The average molecular weight is 384 g/mol. The van der Waals surface area contributed by atoms with Crippen LogP contribution < -0.4 is 9.47 Å². The van der Waals surface area contributed by atoms with Gasteiger partial charge < -0.3 is 28.4 Å². The Morgan fingerprint density at radius 2 is 1.32 bits per heavy atom. The SMILES string of the molecule is c1cc2c(OC3CCO3)c(CC3CO3)ccc2c(OCC2CO2)c1CC1CO1. The van der Waals surface area contributed by atoms with E-state index in [2.05, 4.69) is 24.3 Å². The fourth-order valence-corrected chi connectivity index (χ4v) is 3.71. The van der Waals surface area contributed by atoms with Crippen LogP contribution in [-0.4, -0.2) is 57.6 Å². The van der Waals surface area contributed by atoms with Crippen molar-refractivity contribution in [2.45, 2.75) is 43.9 Å². The van der Waals surface area contributed by atoms with Crippen molar-refractivity contribution in [2.24, 2.45) is 0 Å². The largest absolute Gasteiger partial charge is 0.490 e. The molecule has 4 aliphatic heterocycles. The summed E-state index contributed by atoms with van der Waals surface area (Å²) in [6.45, 7) is 3.78. The Hall–Kier alpha value is -1.86. The van der Waals surface area contributed by atoms with E-state index in [1.165, 1.54) is 11.1 Å². The highest BCUT2D eigenvalue weighted by Gasteiger charge is 2.30. The van der Waals surface area contributed by atoms with Gasteiger partial charge in [-0.25, -0.2) is 0 Å². The summed E-state index contributed by atoms with van der Waals surface area (Å²) in [4.78, 5) is 0. The molecule has 0 spiro atoms. The van der Waals surface area contributed by atoms with Crippen LogP contribution in [0.5, 0.6) is 11.5 Å². The van der Waals surface area contributed by atoms with Crippen molar-refractivity contribution >= 4 is 10.8 Å². The summed E-state index contributed by atoms with van der Waals surface area (Å²) in [5, 5.41) is 2.15. The van der Waals surface area contributed by atoms with Gasteiger partial charge in [0.1, 0.15) is 24.2 Å². The van der Waals surface area contributed by atoms with Crippen molar-refractivity contribution in [3.63, 3.8) is 0 Å². The van der Waals surface area contributed by atoms with E-state index in [1.54, 1.807) is 0 Å². The second-order valence-electron chi connectivity index (χ2n) is 7.99. The van der Waals surface area contributed by atoms with Gasteiger partial charge in [-0.15, -0.1) is 0 Å². The monoisotopic (exact) mass is 384 g/mol. The minimum atomic E-state index is -0.159. The molecule has 148 valence electrons. The van der Waals surface area contributed by atoms with Crippen molar-refractivity contribution in [3.05, 3.63) is 35.4 Å². The first kappa shape index (κ1) is 17.0. The zero-order valence-corrected chi connectivity index (χ0v) is 15.7. The summed E-state index contributed by atoms with van der Waals surface area (Å²) in [5.41, 5.74) is 2.35. The fourth-order valence-electron chi connectivity index (χ4n) is 3.71. The molecule has 4 aliphatic rings. The smallest absolute Gasteiger partial charge is 0.202 e. The molecule has 0 aliphatic carbocycles. The van der Waals surface area contributed by atoms with Gasteiger partial charge in [-0.05, 0) is 11.1 Å². The number of fused-ring (bicyclic) bond motifs is 1. The van der Waals surface area contributed by atoms with Crippen LogP contribution in [0.25, 0.3) is 10.8 Å². The number of hydrogen-bond donors (Lipinski definition) is 0. The van der Waals surface area contributed by atoms with Crippen molar-refractivity contribution in [3.8, 4) is 11.5 Å². The van der Waals surface area contributed by atoms with Gasteiger partial charge in [-0.1, -0.05) is 24.3 Å². The number of ether oxygens (including phenoxy) is 6. The minimum absolute atomic E-state index is 0.159. The molecule has 0 amide bonds. The molecule has 0 aromatic heterocycles. The van der Waals surface area contributed by atoms with E-state index < -0.39 is 0 Å². The van der Waals surface area contributed by atoms with Gasteiger partial charge >= 0.3 is 0 Å². The highest BCUT2D eigenvalue weighted by Crippen LogP contribution is 2.41. The van der Waals surface area contributed by atoms with Crippen LogP contribution in [0, 0.1) is 0 Å². The molecule has 6 heteroatoms. The summed E-state index contributed by atoms with van der Waals surface area (Å²) in [7, 11) is 0. The first-order valence-electron chi connectivity index (χ1n) is 10.2. The lowest BCUT2D eigenvalue weighted by molar-refractivity contribution is -0.165. The molecule has 28 heavy (non-hydrogen) atoms. The highest BCUT2D eigenvalue weighted by atomic mass is 16.7. The minimum Gasteiger partial charge on any atom is -0.490 e. The van der Waals surface area contributed by atoms with Crippen molar-refractivity contribution < 1.29 is 28.4 Å². The summed E-state index contributed by atoms with van der Waals surface area (Å²) in [6, 6.07) is 8.61. The molecule has 0 saturated carbocycles. The van der Waals surface area contributed by atoms with Gasteiger partial charge in [0, 0.05) is 30.0 Å². The van der Waals surface area contributed by atoms with Crippen LogP contribution in [0.15, 0.2) is 24.3 Å². The predicted molar refractivity (Wildman–Crippen MR) is 101 cm³/mol. The average Bonchev–Trinajstić information content (AvgIpc) is 3.51. The Labute approximate surface area is 163 Å². The van der Waals surface area contributed by atoms with Crippen molar-refractivity contribution in [2.75, 3.05) is 33.0 Å². The molecular weight excluding hydrogens is 360 g/mol. The maximum atomic E-state index is 6.27. The molecule has 2 aromatic carbocycles. The van der Waals surface area contributed by atoms with Crippen LogP contribution in [0.4, 0.5) is 0 Å². The quantitative estimate of drug-likeness (QED) is 0.620. The van der Waals surface area contributed by atoms with Crippen molar-refractivity contribution in [1.82, 2.24) is 0 Å². The van der Waals surface area contributed by atoms with Crippen LogP contribution in [0.3, 0.4) is 0 Å². The lowest BCUT2D eigenvalue weighted by Gasteiger charge is -2.29. The normalized spacial score (nSPS) is 30.0. The molecule has 0 radical (unpaired) electrons. The number of benzene rings is 2. The standard InChI is InChI=1S/C22H24O6/c1-4-19-18(21(27-12-17-11-26-17)13(1)7-15-9-24-15)3-2-14(8-16-10-25-16)22(19)28-20-5-6-23-20/h1-4,15-17,20H,5-12H2. The van der Waals surface area contributed by atoms with Crippen LogP contribution in [0.2, 0.25) is 0 Å². The molecule has 4 heterocycles. The third kappa shape index (κ3) is 3.57. The van der Waals surface area contributed by atoms with E-state index >= 15 is 0 Å². The Morgan fingerprint density at radius 1 is 0.750 bits per heavy atom. The summed E-state index contributed by atoms with van der Waals surface area (Å²) in [5.74, 6) is 1.83. The molecule has 4 atom stereocenters.